The average Bonchev–Trinajstić information content (AvgIpc) is 2.68. The largest absolute Gasteiger partial charge is 0.319 e. The number of hydrogen-bond acceptors (Lipinski definition) is 3. The number of likely N-dealkylation sites (N-methyl/N-ethyl adjacent to an activating group) is 1. The Morgan fingerprint density at radius 1 is 1.44 bits per heavy atom. The van der Waals surface area contributed by atoms with E-state index in [1.807, 2.05) is 25.2 Å². The van der Waals surface area contributed by atoms with Gasteiger partial charge in [0, 0.05) is 16.9 Å². The monoisotopic (exact) mass is 331 g/mol. The smallest absolute Gasteiger partial charge is 0.150 e. The highest BCUT2D eigenvalue weighted by molar-refractivity contribution is 9.10. The average molecular weight is 332 g/mol. The number of sulfone groups is 1. The van der Waals surface area contributed by atoms with Crippen LogP contribution in [0.25, 0.3) is 0 Å². The van der Waals surface area contributed by atoms with E-state index in [0.29, 0.717) is 11.5 Å². The molecule has 0 amide bonds. The van der Waals surface area contributed by atoms with Gasteiger partial charge in [0.1, 0.15) is 0 Å². The zero-order valence-electron chi connectivity index (χ0n) is 10.4. The molecule has 0 bridgehead atoms. The van der Waals surface area contributed by atoms with Crippen LogP contribution in [-0.2, 0) is 9.84 Å². The maximum Gasteiger partial charge on any atom is 0.150 e. The van der Waals surface area contributed by atoms with Gasteiger partial charge in [-0.3, -0.25) is 0 Å². The van der Waals surface area contributed by atoms with Gasteiger partial charge in [0.15, 0.2) is 9.84 Å². The summed E-state index contributed by atoms with van der Waals surface area (Å²) in [5.74, 6) is 1.13. The third kappa shape index (κ3) is 3.13. The van der Waals surface area contributed by atoms with Gasteiger partial charge in [0.2, 0.25) is 0 Å². The van der Waals surface area contributed by atoms with Crippen molar-refractivity contribution in [3.8, 4) is 0 Å². The van der Waals surface area contributed by atoms with Crippen LogP contribution in [0.5, 0.6) is 0 Å². The molecule has 3 nitrogen and oxygen atoms in total. The molecule has 1 aliphatic heterocycles. The summed E-state index contributed by atoms with van der Waals surface area (Å²) in [7, 11) is -0.913. The topological polar surface area (TPSA) is 46.2 Å². The Morgan fingerprint density at radius 2 is 2.17 bits per heavy atom. The minimum Gasteiger partial charge on any atom is -0.319 e. The van der Waals surface area contributed by atoms with Crippen molar-refractivity contribution in [2.75, 3.05) is 25.1 Å². The number of benzene rings is 1. The van der Waals surface area contributed by atoms with Crippen LogP contribution < -0.4 is 5.32 Å². The molecule has 1 aliphatic rings. The first kappa shape index (κ1) is 14.0. The molecule has 1 saturated heterocycles. The summed E-state index contributed by atoms with van der Waals surface area (Å²) >= 11 is 3.57. The maximum absolute atomic E-state index is 11.6. The summed E-state index contributed by atoms with van der Waals surface area (Å²) in [5.41, 5.74) is 1.20. The van der Waals surface area contributed by atoms with Crippen molar-refractivity contribution in [1.82, 2.24) is 5.32 Å². The SMILES string of the molecule is CNCC(c1ccccc1Br)C1CCS(=O)(=O)C1. The molecule has 18 heavy (non-hydrogen) atoms. The summed E-state index contributed by atoms with van der Waals surface area (Å²) in [6.45, 7) is 0.808. The second-order valence-electron chi connectivity index (χ2n) is 4.85. The lowest BCUT2D eigenvalue weighted by atomic mass is 9.85. The molecule has 0 aromatic heterocycles. The quantitative estimate of drug-likeness (QED) is 0.919. The lowest BCUT2D eigenvalue weighted by Crippen LogP contribution is -2.25. The molecule has 1 fully saturated rings. The van der Waals surface area contributed by atoms with E-state index in [1.165, 1.54) is 5.56 Å². The van der Waals surface area contributed by atoms with E-state index in [1.54, 1.807) is 0 Å². The Morgan fingerprint density at radius 3 is 2.72 bits per heavy atom. The normalized spacial score (nSPS) is 24.0. The molecular formula is C13H18BrNO2S. The minimum atomic E-state index is -2.82. The van der Waals surface area contributed by atoms with Crippen molar-refractivity contribution in [1.29, 1.82) is 0 Å². The molecule has 2 rings (SSSR count). The lowest BCUT2D eigenvalue weighted by Gasteiger charge is -2.24. The maximum atomic E-state index is 11.6. The van der Waals surface area contributed by atoms with E-state index in [-0.39, 0.29) is 11.8 Å². The molecule has 0 radical (unpaired) electrons. The standard InChI is InChI=1S/C13H18BrNO2S/c1-15-8-12(10-6-7-18(16,17)9-10)11-4-2-3-5-13(11)14/h2-5,10,12,15H,6-9H2,1H3. The zero-order valence-corrected chi connectivity index (χ0v) is 12.8. The van der Waals surface area contributed by atoms with E-state index in [4.69, 9.17) is 0 Å². The van der Waals surface area contributed by atoms with Crippen molar-refractivity contribution >= 4 is 25.8 Å². The summed E-state index contributed by atoms with van der Waals surface area (Å²) < 4.78 is 24.3. The zero-order chi connectivity index (χ0) is 13.2. The fraction of sp³-hybridized carbons (Fsp3) is 0.538. The molecule has 0 aliphatic carbocycles. The number of nitrogens with one attached hydrogen (secondary N) is 1. The van der Waals surface area contributed by atoms with Crippen LogP contribution in [0, 0.1) is 5.92 Å². The van der Waals surface area contributed by atoms with E-state index in [9.17, 15) is 8.42 Å². The molecular weight excluding hydrogens is 314 g/mol. The van der Waals surface area contributed by atoms with E-state index in [2.05, 4.69) is 27.3 Å². The van der Waals surface area contributed by atoms with Crippen LogP contribution in [0.3, 0.4) is 0 Å². The molecule has 100 valence electrons. The molecule has 2 atom stereocenters. The number of halogens is 1. The molecule has 0 saturated carbocycles. The second kappa shape index (κ2) is 5.72. The van der Waals surface area contributed by atoms with Gasteiger partial charge < -0.3 is 5.32 Å². The van der Waals surface area contributed by atoms with Gasteiger partial charge >= 0.3 is 0 Å². The molecule has 1 aromatic rings. The molecule has 1 aromatic carbocycles. The molecule has 5 heteroatoms. The van der Waals surface area contributed by atoms with Crippen molar-refractivity contribution < 1.29 is 8.42 Å². The van der Waals surface area contributed by atoms with Crippen molar-refractivity contribution in [2.24, 2.45) is 5.92 Å². The van der Waals surface area contributed by atoms with E-state index in [0.717, 1.165) is 17.4 Å². The molecule has 0 spiro atoms. The fourth-order valence-electron chi connectivity index (χ4n) is 2.67. The molecule has 2 unspecified atom stereocenters. The first-order chi connectivity index (χ1) is 8.53. The lowest BCUT2D eigenvalue weighted by molar-refractivity contribution is 0.450. The third-order valence-electron chi connectivity index (χ3n) is 3.57. The van der Waals surface area contributed by atoms with Gasteiger partial charge in [-0.05, 0) is 31.0 Å². The van der Waals surface area contributed by atoms with Crippen molar-refractivity contribution in [3.63, 3.8) is 0 Å². The Balaban J connectivity index is 2.27. The highest BCUT2D eigenvalue weighted by Gasteiger charge is 2.34. The third-order valence-corrected chi connectivity index (χ3v) is 6.08. The van der Waals surface area contributed by atoms with E-state index >= 15 is 0 Å². The van der Waals surface area contributed by atoms with Crippen molar-refractivity contribution in [3.05, 3.63) is 34.3 Å². The highest BCUT2D eigenvalue weighted by atomic mass is 79.9. The van der Waals surface area contributed by atoms with Crippen LogP contribution in [0.1, 0.15) is 17.9 Å². The Bertz CT molecular complexity index is 515. The fourth-order valence-corrected chi connectivity index (χ4v) is 5.13. The minimum absolute atomic E-state index is 0.223. The van der Waals surface area contributed by atoms with Gasteiger partial charge in [0.25, 0.3) is 0 Å². The van der Waals surface area contributed by atoms with Crippen LogP contribution in [0.4, 0.5) is 0 Å². The summed E-state index contributed by atoms with van der Waals surface area (Å²) in [4.78, 5) is 0. The first-order valence-corrected chi connectivity index (χ1v) is 8.74. The molecule has 1 N–H and O–H groups in total. The van der Waals surface area contributed by atoms with Gasteiger partial charge in [-0.15, -0.1) is 0 Å². The molecule has 1 heterocycles. The van der Waals surface area contributed by atoms with Gasteiger partial charge in [-0.25, -0.2) is 8.42 Å². The van der Waals surface area contributed by atoms with Gasteiger partial charge in [0.05, 0.1) is 11.5 Å². The predicted octanol–water partition coefficient (Wildman–Crippen LogP) is 2.19. The second-order valence-corrected chi connectivity index (χ2v) is 7.93. The summed E-state index contributed by atoms with van der Waals surface area (Å²) in [6.07, 6.45) is 0.774. The Labute approximate surface area is 117 Å². The number of rotatable bonds is 4. The van der Waals surface area contributed by atoms with Gasteiger partial charge in [-0.1, -0.05) is 34.1 Å². The van der Waals surface area contributed by atoms with E-state index < -0.39 is 9.84 Å². The van der Waals surface area contributed by atoms with Crippen molar-refractivity contribution in [2.45, 2.75) is 12.3 Å². The number of hydrogen-bond donors (Lipinski definition) is 1. The first-order valence-electron chi connectivity index (χ1n) is 6.13. The highest BCUT2D eigenvalue weighted by Crippen LogP contribution is 2.36. The Hall–Kier alpha value is -0.390. The van der Waals surface area contributed by atoms with Gasteiger partial charge in [-0.2, -0.15) is 0 Å². The van der Waals surface area contributed by atoms with Crippen LogP contribution in [0.15, 0.2) is 28.7 Å². The Kier molecular flexibility index (Phi) is 4.45. The van der Waals surface area contributed by atoms with Crippen LogP contribution in [0.2, 0.25) is 0 Å². The predicted molar refractivity (Wildman–Crippen MR) is 77.6 cm³/mol. The summed E-state index contributed by atoms with van der Waals surface area (Å²) in [5, 5.41) is 3.18. The summed E-state index contributed by atoms with van der Waals surface area (Å²) in [6, 6.07) is 8.08. The van der Waals surface area contributed by atoms with Crippen LogP contribution >= 0.6 is 15.9 Å². The van der Waals surface area contributed by atoms with Crippen LogP contribution in [-0.4, -0.2) is 33.5 Å².